The maximum atomic E-state index is 11.8. The van der Waals surface area contributed by atoms with Crippen LogP contribution in [0.15, 0.2) is 74.9 Å². The topological polar surface area (TPSA) is 53.5 Å². The fourth-order valence-electron chi connectivity index (χ4n) is 1.94. The summed E-state index contributed by atoms with van der Waals surface area (Å²) < 4.78 is 1.12. The maximum Gasteiger partial charge on any atom is 0.339 e. The summed E-state index contributed by atoms with van der Waals surface area (Å²) in [5.41, 5.74) is 2.95. The van der Waals surface area contributed by atoms with Crippen molar-refractivity contribution < 1.29 is 4.79 Å². The highest BCUT2D eigenvalue weighted by Gasteiger charge is 2.04. The van der Waals surface area contributed by atoms with Crippen LogP contribution in [0.5, 0.6) is 0 Å². The summed E-state index contributed by atoms with van der Waals surface area (Å²) in [4.78, 5) is 13.9. The number of hydrogen-bond donors (Lipinski definition) is 2. The van der Waals surface area contributed by atoms with E-state index in [1.54, 1.807) is 53.6 Å². The number of hydrogen-bond acceptors (Lipinski definition) is 4. The Balaban J connectivity index is 1.52. The summed E-state index contributed by atoms with van der Waals surface area (Å²) in [6, 6.07) is 18.2. The first-order chi connectivity index (χ1) is 12.6. The van der Waals surface area contributed by atoms with Crippen molar-refractivity contribution >= 4 is 64.2 Å². The number of nitrogens with zero attached hydrogens (tertiary/aromatic N) is 1. The smallest absolute Gasteiger partial charge is 0.305 e. The maximum absolute atomic E-state index is 11.8. The second kappa shape index (κ2) is 9.09. The highest BCUT2D eigenvalue weighted by atomic mass is 35.5. The lowest BCUT2D eigenvalue weighted by Crippen LogP contribution is -2.24. The van der Waals surface area contributed by atoms with Crippen LogP contribution in [0, 0.1) is 0 Å². The van der Waals surface area contributed by atoms with Crippen LogP contribution >= 0.6 is 46.3 Å². The Labute approximate surface area is 169 Å². The van der Waals surface area contributed by atoms with Gasteiger partial charge in [-0.05, 0) is 48.5 Å². The fraction of sp³-hybridized carbons (Fsp3) is 0. The van der Waals surface area contributed by atoms with Crippen LogP contribution < -0.4 is 10.7 Å². The molecular formula is C18H13Cl2N3OS2. The number of urea groups is 1. The zero-order chi connectivity index (χ0) is 18.4. The van der Waals surface area contributed by atoms with Gasteiger partial charge in [-0.25, -0.2) is 10.2 Å². The number of thiophene rings is 1. The highest BCUT2D eigenvalue weighted by Crippen LogP contribution is 2.33. The number of carbonyl (C=O) groups excluding carboxylic acids is 1. The van der Waals surface area contributed by atoms with Gasteiger partial charge < -0.3 is 5.32 Å². The normalized spacial score (nSPS) is 10.8. The molecule has 2 amide bonds. The molecule has 0 unspecified atom stereocenters. The molecule has 0 saturated heterocycles. The van der Waals surface area contributed by atoms with Gasteiger partial charge in [0.25, 0.3) is 0 Å². The highest BCUT2D eigenvalue weighted by molar-refractivity contribution is 8.01. The van der Waals surface area contributed by atoms with Gasteiger partial charge in [0.1, 0.15) is 0 Å². The van der Waals surface area contributed by atoms with Gasteiger partial charge in [-0.15, -0.1) is 11.3 Å². The molecule has 3 aromatic rings. The lowest BCUT2D eigenvalue weighted by atomic mass is 10.3. The number of para-hydroxylation sites is 1. The Morgan fingerprint density at radius 3 is 2.58 bits per heavy atom. The molecule has 0 aliphatic heterocycles. The summed E-state index contributed by atoms with van der Waals surface area (Å²) in [6.45, 7) is 0. The molecule has 1 heterocycles. The molecule has 2 aromatic carbocycles. The van der Waals surface area contributed by atoms with Gasteiger partial charge in [-0.2, -0.15) is 5.10 Å². The van der Waals surface area contributed by atoms with Crippen LogP contribution in [0.4, 0.5) is 10.5 Å². The lowest BCUT2D eigenvalue weighted by Gasteiger charge is -2.05. The number of nitrogens with one attached hydrogen (secondary N) is 2. The van der Waals surface area contributed by atoms with E-state index >= 15 is 0 Å². The van der Waals surface area contributed by atoms with Crippen LogP contribution in [0.1, 0.15) is 4.88 Å². The quantitative estimate of drug-likeness (QED) is 0.371. The minimum absolute atomic E-state index is 0.457. The molecule has 1 aromatic heterocycles. The van der Waals surface area contributed by atoms with Crippen molar-refractivity contribution in [1.82, 2.24) is 5.43 Å². The second-order valence-electron chi connectivity index (χ2n) is 5.02. The van der Waals surface area contributed by atoms with Gasteiger partial charge in [0, 0.05) is 14.8 Å². The molecule has 0 saturated carbocycles. The summed E-state index contributed by atoms with van der Waals surface area (Å²) >= 11 is 15.1. The van der Waals surface area contributed by atoms with Gasteiger partial charge in [0.05, 0.1) is 21.1 Å². The van der Waals surface area contributed by atoms with E-state index in [9.17, 15) is 4.79 Å². The molecule has 8 heteroatoms. The van der Waals surface area contributed by atoms with E-state index < -0.39 is 6.03 Å². The van der Waals surface area contributed by atoms with Crippen LogP contribution in [0.2, 0.25) is 10.0 Å². The number of rotatable bonds is 5. The summed E-state index contributed by atoms with van der Waals surface area (Å²) in [5.74, 6) is 0. The number of hydrazone groups is 1. The standard InChI is InChI=1S/C18H13Cl2N3OS2/c19-12-5-7-13(8-6-12)25-17-10-9-14(26-17)11-21-23-18(24)22-16-4-2-1-3-15(16)20/h1-11H,(H2,22,23,24)/b21-11+. The van der Waals surface area contributed by atoms with E-state index in [1.807, 2.05) is 36.4 Å². The second-order valence-corrected chi connectivity index (χ2v) is 8.35. The van der Waals surface area contributed by atoms with E-state index in [4.69, 9.17) is 23.2 Å². The fourth-order valence-corrected chi connectivity index (χ4v) is 4.25. The predicted octanol–water partition coefficient (Wildman–Crippen LogP) is 6.36. The Bertz CT molecular complexity index is 926. The average molecular weight is 422 g/mol. The Hall–Kier alpha value is -1.99. The van der Waals surface area contributed by atoms with E-state index in [0.717, 1.165) is 19.0 Å². The molecule has 0 radical (unpaired) electrons. The first kappa shape index (κ1) is 18.8. The van der Waals surface area contributed by atoms with E-state index in [1.165, 1.54) is 0 Å². The number of benzene rings is 2. The third-order valence-corrected chi connectivity index (χ3v) is 5.86. The van der Waals surface area contributed by atoms with Crippen molar-refractivity contribution in [3.05, 3.63) is 75.6 Å². The van der Waals surface area contributed by atoms with E-state index in [2.05, 4.69) is 15.8 Å². The number of anilines is 1. The lowest BCUT2D eigenvalue weighted by molar-refractivity contribution is 0.252. The molecule has 0 aliphatic carbocycles. The van der Waals surface area contributed by atoms with Crippen molar-refractivity contribution in [2.75, 3.05) is 5.32 Å². The van der Waals surface area contributed by atoms with Crippen molar-refractivity contribution in [1.29, 1.82) is 0 Å². The third-order valence-electron chi connectivity index (χ3n) is 3.11. The summed E-state index contributed by atoms with van der Waals surface area (Å²) in [5, 5.41) is 7.77. The van der Waals surface area contributed by atoms with Crippen molar-refractivity contribution in [2.45, 2.75) is 9.10 Å². The zero-order valence-electron chi connectivity index (χ0n) is 13.3. The number of carbonyl (C=O) groups is 1. The summed E-state index contributed by atoms with van der Waals surface area (Å²) in [6.07, 6.45) is 1.60. The minimum Gasteiger partial charge on any atom is -0.305 e. The average Bonchev–Trinajstić information content (AvgIpc) is 3.06. The first-order valence-electron chi connectivity index (χ1n) is 7.48. The van der Waals surface area contributed by atoms with Gasteiger partial charge in [0.2, 0.25) is 0 Å². The zero-order valence-corrected chi connectivity index (χ0v) is 16.4. The number of halogens is 2. The largest absolute Gasteiger partial charge is 0.339 e. The van der Waals surface area contributed by atoms with Crippen LogP contribution in [-0.2, 0) is 0 Å². The molecular weight excluding hydrogens is 409 g/mol. The molecule has 0 atom stereocenters. The van der Waals surface area contributed by atoms with Gasteiger partial charge in [0.15, 0.2) is 0 Å². The third kappa shape index (κ3) is 5.51. The molecule has 3 rings (SSSR count). The SMILES string of the molecule is O=C(N/N=C/c1ccc(Sc2ccc(Cl)cc2)s1)Nc1ccccc1Cl. The molecule has 132 valence electrons. The first-order valence-corrected chi connectivity index (χ1v) is 9.87. The molecule has 0 aliphatic rings. The van der Waals surface area contributed by atoms with Crippen molar-refractivity contribution in [3.8, 4) is 0 Å². The Morgan fingerprint density at radius 2 is 1.81 bits per heavy atom. The van der Waals surface area contributed by atoms with Crippen molar-refractivity contribution in [2.24, 2.45) is 5.10 Å². The molecule has 0 bridgehead atoms. The van der Waals surface area contributed by atoms with Crippen LogP contribution in [0.3, 0.4) is 0 Å². The van der Waals surface area contributed by atoms with E-state index in [0.29, 0.717) is 10.7 Å². The molecule has 2 N–H and O–H groups in total. The Kier molecular flexibility index (Phi) is 6.57. The molecule has 26 heavy (non-hydrogen) atoms. The van der Waals surface area contributed by atoms with Crippen LogP contribution in [-0.4, -0.2) is 12.2 Å². The van der Waals surface area contributed by atoms with Gasteiger partial charge >= 0.3 is 6.03 Å². The summed E-state index contributed by atoms with van der Waals surface area (Å²) in [7, 11) is 0. The van der Waals surface area contributed by atoms with Crippen molar-refractivity contribution in [3.63, 3.8) is 0 Å². The Morgan fingerprint density at radius 1 is 1.04 bits per heavy atom. The monoisotopic (exact) mass is 421 g/mol. The molecule has 0 spiro atoms. The molecule has 4 nitrogen and oxygen atoms in total. The van der Waals surface area contributed by atoms with Gasteiger partial charge in [-0.3, -0.25) is 0 Å². The molecule has 0 fully saturated rings. The van der Waals surface area contributed by atoms with Gasteiger partial charge in [-0.1, -0.05) is 47.1 Å². The number of amides is 2. The minimum atomic E-state index is -0.457. The predicted molar refractivity (Wildman–Crippen MR) is 111 cm³/mol. The van der Waals surface area contributed by atoms with Crippen LogP contribution in [0.25, 0.3) is 0 Å². The van der Waals surface area contributed by atoms with E-state index in [-0.39, 0.29) is 0 Å².